The van der Waals surface area contributed by atoms with Crippen LogP contribution in [0.2, 0.25) is 0 Å². The molecule has 0 fully saturated rings. The van der Waals surface area contributed by atoms with E-state index in [9.17, 15) is 4.79 Å². The summed E-state index contributed by atoms with van der Waals surface area (Å²) in [7, 11) is 0. The first-order chi connectivity index (χ1) is 8.52. The Morgan fingerprint density at radius 1 is 1.44 bits per heavy atom. The van der Waals surface area contributed by atoms with Gasteiger partial charge in [-0.3, -0.25) is 4.79 Å². The number of carbonyl (C=O) groups is 1. The van der Waals surface area contributed by atoms with Crippen LogP contribution in [-0.2, 0) is 17.9 Å². The molecule has 1 amide bonds. The first-order valence-corrected chi connectivity index (χ1v) is 6.42. The smallest absolute Gasteiger partial charge is 0.242 e. The molecule has 0 radical (unpaired) electrons. The first kappa shape index (κ1) is 14.6. The van der Waals surface area contributed by atoms with Gasteiger partial charge in [0, 0.05) is 12.6 Å². The zero-order valence-corrected chi connectivity index (χ0v) is 11.6. The monoisotopic (exact) mass is 253 g/mol. The van der Waals surface area contributed by atoms with Gasteiger partial charge in [0.25, 0.3) is 0 Å². The van der Waals surface area contributed by atoms with Gasteiger partial charge in [-0.05, 0) is 19.4 Å². The third-order valence-corrected chi connectivity index (χ3v) is 2.84. The number of hydrogen-bond acceptors (Lipinski definition) is 4. The molecule has 1 aromatic rings. The van der Waals surface area contributed by atoms with E-state index in [1.807, 2.05) is 13.8 Å². The van der Waals surface area contributed by atoms with Crippen LogP contribution < -0.4 is 10.6 Å². The summed E-state index contributed by atoms with van der Waals surface area (Å²) < 4.78 is 1.56. The van der Waals surface area contributed by atoms with E-state index in [0.717, 1.165) is 12.2 Å². The molecule has 0 aliphatic carbocycles. The van der Waals surface area contributed by atoms with Crippen LogP contribution in [0.4, 0.5) is 0 Å². The zero-order valence-electron chi connectivity index (χ0n) is 11.6. The minimum atomic E-state index is -0.0314. The molecule has 0 saturated heterocycles. The number of rotatable bonds is 7. The van der Waals surface area contributed by atoms with Crippen molar-refractivity contribution >= 4 is 5.91 Å². The summed E-state index contributed by atoms with van der Waals surface area (Å²) in [5, 5.41) is 14.0. The quantitative estimate of drug-likeness (QED) is 0.744. The number of aromatic nitrogens is 3. The first-order valence-electron chi connectivity index (χ1n) is 6.42. The second kappa shape index (κ2) is 7.10. The Hall–Kier alpha value is -1.43. The second-order valence-electron chi connectivity index (χ2n) is 4.79. The van der Waals surface area contributed by atoms with Gasteiger partial charge in [0.1, 0.15) is 6.54 Å². The van der Waals surface area contributed by atoms with Crippen LogP contribution in [0.15, 0.2) is 6.20 Å². The molecular formula is C12H23N5O. The predicted molar refractivity (Wildman–Crippen MR) is 69.8 cm³/mol. The number of amides is 1. The molecule has 0 aromatic carbocycles. The Labute approximate surface area is 108 Å². The highest BCUT2D eigenvalue weighted by Gasteiger charge is 2.11. The number of nitrogens with one attached hydrogen (secondary N) is 2. The molecule has 6 heteroatoms. The van der Waals surface area contributed by atoms with Gasteiger partial charge in [-0.2, -0.15) is 0 Å². The summed E-state index contributed by atoms with van der Waals surface area (Å²) in [6, 6.07) is 0.169. The Morgan fingerprint density at radius 3 is 2.78 bits per heavy atom. The van der Waals surface area contributed by atoms with E-state index in [0.29, 0.717) is 12.5 Å². The fourth-order valence-electron chi connectivity index (χ4n) is 1.36. The van der Waals surface area contributed by atoms with Crippen molar-refractivity contribution in [3.05, 3.63) is 11.9 Å². The topological polar surface area (TPSA) is 71.8 Å². The molecule has 0 saturated carbocycles. The zero-order chi connectivity index (χ0) is 13.5. The molecule has 0 bridgehead atoms. The molecule has 1 heterocycles. The molecule has 1 rings (SSSR count). The van der Waals surface area contributed by atoms with Crippen molar-refractivity contribution in [3.8, 4) is 0 Å². The average Bonchev–Trinajstić information content (AvgIpc) is 2.73. The Bertz CT molecular complexity index is 374. The molecule has 1 unspecified atom stereocenters. The minimum Gasteiger partial charge on any atom is -0.352 e. The van der Waals surface area contributed by atoms with E-state index in [4.69, 9.17) is 0 Å². The van der Waals surface area contributed by atoms with Gasteiger partial charge in [-0.15, -0.1) is 5.10 Å². The third kappa shape index (κ3) is 4.83. The maximum Gasteiger partial charge on any atom is 0.242 e. The number of nitrogens with zero attached hydrogens (tertiary/aromatic N) is 3. The highest BCUT2D eigenvalue weighted by atomic mass is 16.2. The van der Waals surface area contributed by atoms with Gasteiger partial charge in [-0.25, -0.2) is 4.68 Å². The van der Waals surface area contributed by atoms with Crippen molar-refractivity contribution in [3.63, 3.8) is 0 Å². The van der Waals surface area contributed by atoms with Crippen molar-refractivity contribution < 1.29 is 4.79 Å². The minimum absolute atomic E-state index is 0.0314. The SMILES string of the molecule is CCNCc1cn(CC(=O)NC(C)C(C)C)nn1. The van der Waals surface area contributed by atoms with Gasteiger partial charge in [0.05, 0.1) is 11.9 Å². The fraction of sp³-hybridized carbons (Fsp3) is 0.750. The summed E-state index contributed by atoms with van der Waals surface area (Å²) in [6.07, 6.45) is 1.79. The van der Waals surface area contributed by atoms with Crippen molar-refractivity contribution in [2.45, 2.75) is 46.8 Å². The Morgan fingerprint density at radius 2 is 2.17 bits per heavy atom. The lowest BCUT2D eigenvalue weighted by molar-refractivity contribution is -0.122. The molecular weight excluding hydrogens is 230 g/mol. The molecule has 102 valence electrons. The summed E-state index contributed by atoms with van der Waals surface area (Å²) >= 11 is 0. The lowest BCUT2D eigenvalue weighted by atomic mass is 10.1. The normalized spacial score (nSPS) is 12.7. The highest BCUT2D eigenvalue weighted by Crippen LogP contribution is 2.00. The van der Waals surface area contributed by atoms with E-state index >= 15 is 0 Å². The molecule has 1 atom stereocenters. The predicted octanol–water partition coefficient (Wildman–Crippen LogP) is 0.548. The van der Waals surface area contributed by atoms with Crippen molar-refractivity contribution in [1.82, 2.24) is 25.6 Å². The molecule has 1 aromatic heterocycles. The average molecular weight is 253 g/mol. The van der Waals surface area contributed by atoms with Crippen LogP contribution in [0.1, 0.15) is 33.4 Å². The number of carbonyl (C=O) groups excluding carboxylic acids is 1. The standard InChI is InChI=1S/C12H23N5O/c1-5-13-6-11-7-17(16-15-11)8-12(18)14-10(4)9(2)3/h7,9-10,13H,5-6,8H2,1-4H3,(H,14,18). The molecule has 2 N–H and O–H groups in total. The second-order valence-corrected chi connectivity index (χ2v) is 4.79. The highest BCUT2D eigenvalue weighted by molar-refractivity contribution is 5.75. The Kier molecular flexibility index (Phi) is 5.77. The Balaban J connectivity index is 2.42. The van der Waals surface area contributed by atoms with E-state index < -0.39 is 0 Å². The summed E-state index contributed by atoms with van der Waals surface area (Å²) in [4.78, 5) is 11.7. The lowest BCUT2D eigenvalue weighted by Crippen LogP contribution is -2.38. The van der Waals surface area contributed by atoms with Crippen molar-refractivity contribution in [1.29, 1.82) is 0 Å². The van der Waals surface area contributed by atoms with Crippen LogP contribution in [0.5, 0.6) is 0 Å². The summed E-state index contributed by atoms with van der Waals surface area (Å²) in [5.74, 6) is 0.394. The van der Waals surface area contributed by atoms with Gasteiger partial charge >= 0.3 is 0 Å². The van der Waals surface area contributed by atoms with E-state index in [1.54, 1.807) is 10.9 Å². The maximum atomic E-state index is 11.7. The van der Waals surface area contributed by atoms with E-state index in [2.05, 4.69) is 34.8 Å². The molecule has 18 heavy (non-hydrogen) atoms. The van der Waals surface area contributed by atoms with Gasteiger partial charge < -0.3 is 10.6 Å². The lowest BCUT2D eigenvalue weighted by Gasteiger charge is -2.17. The molecule has 0 aliphatic rings. The summed E-state index contributed by atoms with van der Waals surface area (Å²) in [5.41, 5.74) is 0.849. The molecule has 6 nitrogen and oxygen atoms in total. The fourth-order valence-corrected chi connectivity index (χ4v) is 1.36. The van der Waals surface area contributed by atoms with Crippen LogP contribution in [0, 0.1) is 5.92 Å². The van der Waals surface area contributed by atoms with Gasteiger partial charge in [0.15, 0.2) is 0 Å². The van der Waals surface area contributed by atoms with Crippen molar-refractivity contribution in [2.24, 2.45) is 5.92 Å². The third-order valence-electron chi connectivity index (χ3n) is 2.84. The van der Waals surface area contributed by atoms with Crippen molar-refractivity contribution in [2.75, 3.05) is 6.54 Å². The maximum absolute atomic E-state index is 11.7. The molecule has 0 spiro atoms. The molecule has 0 aliphatic heterocycles. The van der Waals surface area contributed by atoms with Gasteiger partial charge in [-0.1, -0.05) is 26.0 Å². The van der Waals surface area contributed by atoms with Crippen LogP contribution in [0.3, 0.4) is 0 Å². The largest absolute Gasteiger partial charge is 0.352 e. The van der Waals surface area contributed by atoms with E-state index in [1.165, 1.54) is 0 Å². The van der Waals surface area contributed by atoms with E-state index in [-0.39, 0.29) is 18.5 Å². The summed E-state index contributed by atoms with van der Waals surface area (Å²) in [6.45, 7) is 9.98. The van der Waals surface area contributed by atoms with Crippen LogP contribution >= 0.6 is 0 Å². The van der Waals surface area contributed by atoms with Crippen LogP contribution in [-0.4, -0.2) is 33.5 Å². The van der Waals surface area contributed by atoms with Gasteiger partial charge in [0.2, 0.25) is 5.91 Å². The van der Waals surface area contributed by atoms with Crippen LogP contribution in [0.25, 0.3) is 0 Å². The number of hydrogen-bond donors (Lipinski definition) is 2.